The van der Waals surface area contributed by atoms with Crippen molar-refractivity contribution in [3.8, 4) is 5.75 Å². The van der Waals surface area contributed by atoms with E-state index in [2.05, 4.69) is 5.32 Å². The van der Waals surface area contributed by atoms with Crippen LogP contribution in [-0.4, -0.2) is 53.6 Å². The summed E-state index contributed by atoms with van der Waals surface area (Å²) in [4.78, 5) is 42.1. The van der Waals surface area contributed by atoms with Crippen molar-refractivity contribution in [1.29, 1.82) is 0 Å². The molecule has 2 amide bonds. The molecule has 0 radical (unpaired) electrons. The summed E-state index contributed by atoms with van der Waals surface area (Å²) in [5, 5.41) is 3.80. The number of thiocarbonyl (C=S) groups is 1. The van der Waals surface area contributed by atoms with E-state index >= 15 is 0 Å². The maximum Gasteiger partial charge on any atom is 0.338 e. The Morgan fingerprint density at radius 2 is 1.66 bits per heavy atom. The van der Waals surface area contributed by atoms with Crippen LogP contribution >= 0.6 is 23.8 Å². The molecule has 1 saturated heterocycles. The van der Waals surface area contributed by atoms with Crippen molar-refractivity contribution >= 4 is 58.1 Å². The first-order valence-electron chi connectivity index (χ1n) is 13.5. The zero-order valence-electron chi connectivity index (χ0n) is 23.0. The molecule has 0 aliphatic carbocycles. The van der Waals surface area contributed by atoms with E-state index in [0.29, 0.717) is 46.6 Å². The minimum absolute atomic E-state index is 0.0922. The number of carbonyl (C=O) groups is 3. The van der Waals surface area contributed by atoms with E-state index < -0.39 is 12.0 Å². The predicted octanol–water partition coefficient (Wildman–Crippen LogP) is 5.88. The molecule has 3 aromatic carbocycles. The first-order chi connectivity index (χ1) is 19.8. The molecule has 41 heavy (non-hydrogen) atoms. The fourth-order valence-electron chi connectivity index (χ4n) is 4.43. The van der Waals surface area contributed by atoms with Crippen LogP contribution in [0.5, 0.6) is 5.75 Å². The van der Waals surface area contributed by atoms with Crippen molar-refractivity contribution in [2.45, 2.75) is 39.2 Å². The summed E-state index contributed by atoms with van der Waals surface area (Å²) >= 11 is 11.8. The van der Waals surface area contributed by atoms with E-state index in [4.69, 9.17) is 33.3 Å². The lowest BCUT2D eigenvalue weighted by Crippen LogP contribution is -2.39. The van der Waals surface area contributed by atoms with Crippen LogP contribution in [-0.2, 0) is 20.7 Å². The van der Waals surface area contributed by atoms with Crippen LogP contribution < -0.4 is 15.0 Å². The summed E-state index contributed by atoms with van der Waals surface area (Å²) in [5.74, 6) is -0.351. The molecule has 4 rings (SSSR count). The largest absolute Gasteiger partial charge is 0.494 e. The van der Waals surface area contributed by atoms with Gasteiger partial charge < -0.3 is 19.7 Å². The molecule has 1 aliphatic heterocycles. The Morgan fingerprint density at radius 1 is 0.976 bits per heavy atom. The number of esters is 1. The van der Waals surface area contributed by atoms with Gasteiger partial charge in [0.2, 0.25) is 5.91 Å². The second-order valence-electron chi connectivity index (χ2n) is 9.43. The lowest BCUT2D eigenvalue weighted by Gasteiger charge is -2.24. The lowest BCUT2D eigenvalue weighted by atomic mass is 10.1. The minimum Gasteiger partial charge on any atom is -0.494 e. The third-order valence-electron chi connectivity index (χ3n) is 6.50. The monoisotopic (exact) mass is 593 g/mol. The van der Waals surface area contributed by atoms with E-state index in [1.165, 1.54) is 4.90 Å². The first-order valence-corrected chi connectivity index (χ1v) is 14.3. The molecule has 214 valence electrons. The Bertz CT molecular complexity index is 1380. The summed E-state index contributed by atoms with van der Waals surface area (Å²) in [6.45, 7) is 5.06. The topological polar surface area (TPSA) is 88.2 Å². The number of carbonyl (C=O) groups excluding carboxylic acids is 3. The molecular weight excluding hydrogens is 562 g/mol. The summed E-state index contributed by atoms with van der Waals surface area (Å²) in [6, 6.07) is 20.3. The summed E-state index contributed by atoms with van der Waals surface area (Å²) in [6.07, 6.45) is 1.40. The van der Waals surface area contributed by atoms with Crippen LogP contribution in [0.2, 0.25) is 5.02 Å². The van der Waals surface area contributed by atoms with Gasteiger partial charge >= 0.3 is 5.97 Å². The molecule has 1 N–H and O–H groups in total. The minimum atomic E-state index is -0.799. The Labute approximate surface area is 250 Å². The second kappa shape index (κ2) is 14.1. The number of amides is 2. The summed E-state index contributed by atoms with van der Waals surface area (Å²) in [7, 11) is 0. The molecule has 3 aromatic rings. The fourth-order valence-corrected chi connectivity index (χ4v) is 4.97. The van der Waals surface area contributed by atoms with Crippen LogP contribution in [0.4, 0.5) is 11.4 Å². The van der Waals surface area contributed by atoms with Crippen molar-refractivity contribution in [2.75, 3.05) is 30.0 Å². The second-order valence-corrected chi connectivity index (χ2v) is 10.2. The number of anilines is 2. The Kier molecular flexibility index (Phi) is 10.3. The van der Waals surface area contributed by atoms with Gasteiger partial charge in [-0.25, -0.2) is 4.79 Å². The van der Waals surface area contributed by atoms with E-state index in [1.807, 2.05) is 31.2 Å². The van der Waals surface area contributed by atoms with Crippen molar-refractivity contribution in [3.05, 3.63) is 88.9 Å². The zero-order chi connectivity index (χ0) is 29.4. The van der Waals surface area contributed by atoms with Gasteiger partial charge in [0.25, 0.3) is 5.91 Å². The normalized spacial score (nSPS) is 14.8. The van der Waals surface area contributed by atoms with Crippen molar-refractivity contribution in [1.82, 2.24) is 4.90 Å². The molecule has 0 spiro atoms. The van der Waals surface area contributed by atoms with Gasteiger partial charge in [0.1, 0.15) is 11.8 Å². The fraction of sp³-hybridized carbons (Fsp3) is 0.290. The average Bonchev–Trinajstić information content (AvgIpc) is 3.20. The van der Waals surface area contributed by atoms with Gasteiger partial charge in [-0.3, -0.25) is 14.5 Å². The van der Waals surface area contributed by atoms with Gasteiger partial charge in [-0.1, -0.05) is 30.7 Å². The van der Waals surface area contributed by atoms with Crippen LogP contribution in [0, 0.1) is 0 Å². The first kappa shape index (κ1) is 30.0. The predicted molar refractivity (Wildman–Crippen MR) is 164 cm³/mol. The molecule has 0 unspecified atom stereocenters. The molecule has 1 atom stereocenters. The van der Waals surface area contributed by atoms with Crippen LogP contribution in [0.25, 0.3) is 0 Å². The lowest BCUT2D eigenvalue weighted by molar-refractivity contribution is -0.124. The number of nitrogens with one attached hydrogen (secondary N) is 1. The number of halogens is 1. The number of ether oxygens (including phenoxy) is 2. The molecule has 0 bridgehead atoms. The highest BCUT2D eigenvalue weighted by atomic mass is 35.5. The van der Waals surface area contributed by atoms with E-state index in [0.717, 1.165) is 17.7 Å². The Morgan fingerprint density at radius 3 is 2.29 bits per heavy atom. The third-order valence-corrected chi connectivity index (χ3v) is 7.17. The zero-order valence-corrected chi connectivity index (χ0v) is 24.5. The van der Waals surface area contributed by atoms with Gasteiger partial charge in [-0.2, -0.15) is 0 Å². The molecule has 0 aromatic heterocycles. The van der Waals surface area contributed by atoms with Crippen LogP contribution in [0.3, 0.4) is 0 Å². The van der Waals surface area contributed by atoms with Gasteiger partial charge in [0.15, 0.2) is 5.11 Å². The number of benzene rings is 3. The molecule has 8 nitrogen and oxygen atoms in total. The molecule has 10 heteroatoms. The molecule has 0 saturated carbocycles. The van der Waals surface area contributed by atoms with Crippen molar-refractivity contribution < 1.29 is 23.9 Å². The van der Waals surface area contributed by atoms with Crippen molar-refractivity contribution in [3.63, 3.8) is 0 Å². The Hall–Kier alpha value is -3.95. The molecule has 1 fully saturated rings. The quantitative estimate of drug-likeness (QED) is 0.207. The highest BCUT2D eigenvalue weighted by Crippen LogP contribution is 2.28. The number of nitrogens with zero attached hydrogens (tertiary/aromatic N) is 2. The smallest absolute Gasteiger partial charge is 0.338 e. The van der Waals surface area contributed by atoms with Crippen LogP contribution in [0.1, 0.15) is 42.6 Å². The average molecular weight is 594 g/mol. The maximum absolute atomic E-state index is 13.7. The van der Waals surface area contributed by atoms with E-state index in [-0.39, 0.29) is 24.8 Å². The molecular formula is C31H32ClN3O5S. The standard InChI is InChI=1S/C31H32ClN3O5S/c1-3-19-40-26-15-11-24(12-16-26)33-28(36)20-27-29(37)35(25-13-7-22(8-14-25)30(38)39-4-2)31(41)34(27)18-17-21-5-9-23(32)10-6-21/h5-16,27H,3-4,17-20H2,1-2H3,(H,33,36)/t27-/m1/s1. The van der Waals surface area contributed by atoms with Crippen LogP contribution in [0.15, 0.2) is 72.8 Å². The number of rotatable bonds is 12. The third kappa shape index (κ3) is 7.62. The van der Waals surface area contributed by atoms with Gasteiger partial charge in [0.05, 0.1) is 30.9 Å². The molecule has 1 aliphatic rings. The molecule has 1 heterocycles. The maximum atomic E-state index is 13.7. The highest BCUT2D eigenvalue weighted by molar-refractivity contribution is 7.80. The number of hydrogen-bond donors (Lipinski definition) is 1. The highest BCUT2D eigenvalue weighted by Gasteiger charge is 2.44. The van der Waals surface area contributed by atoms with E-state index in [9.17, 15) is 14.4 Å². The SMILES string of the molecule is CCCOc1ccc(NC(=O)C[C@@H]2C(=O)N(c3ccc(C(=O)OCC)cc3)C(=S)N2CCc2ccc(Cl)cc2)cc1. The number of hydrogen-bond acceptors (Lipinski definition) is 6. The van der Waals surface area contributed by atoms with E-state index in [1.54, 1.807) is 60.4 Å². The summed E-state index contributed by atoms with van der Waals surface area (Å²) < 4.78 is 10.7. The van der Waals surface area contributed by atoms with Crippen molar-refractivity contribution in [2.24, 2.45) is 0 Å². The van der Waals surface area contributed by atoms with Gasteiger partial charge in [0, 0.05) is 17.3 Å². The Balaban J connectivity index is 1.52. The van der Waals surface area contributed by atoms with Gasteiger partial charge in [-0.05, 0) is 98.2 Å². The van der Waals surface area contributed by atoms with Gasteiger partial charge in [-0.15, -0.1) is 0 Å². The summed E-state index contributed by atoms with van der Waals surface area (Å²) in [5.41, 5.74) is 2.51.